The van der Waals surface area contributed by atoms with Gasteiger partial charge in [0.05, 0.1) is 10.6 Å². The number of anilines is 2. The Morgan fingerprint density at radius 3 is 2.84 bits per heavy atom. The second-order valence-electron chi connectivity index (χ2n) is 4.19. The van der Waals surface area contributed by atoms with Crippen LogP contribution in [0, 0.1) is 10.1 Å². The first kappa shape index (κ1) is 12.9. The summed E-state index contributed by atoms with van der Waals surface area (Å²) in [5.41, 5.74) is 7.45. The molecule has 0 saturated carbocycles. The SMILES string of the molecule is Cn1ccc(CCNc2ccc([N+](=O)[O-])c(N)c2)n1. The van der Waals surface area contributed by atoms with Gasteiger partial charge in [0.25, 0.3) is 5.69 Å². The number of nitrogens with two attached hydrogens (primary N) is 1. The summed E-state index contributed by atoms with van der Waals surface area (Å²) in [4.78, 5) is 10.1. The van der Waals surface area contributed by atoms with Crippen molar-refractivity contribution in [1.29, 1.82) is 0 Å². The molecule has 2 rings (SSSR count). The molecule has 3 N–H and O–H groups in total. The third-order valence-electron chi connectivity index (χ3n) is 2.70. The van der Waals surface area contributed by atoms with Crippen molar-refractivity contribution >= 4 is 17.1 Å². The van der Waals surface area contributed by atoms with Crippen LogP contribution in [-0.2, 0) is 13.5 Å². The number of nitrogens with one attached hydrogen (secondary N) is 1. The van der Waals surface area contributed by atoms with E-state index < -0.39 is 4.92 Å². The van der Waals surface area contributed by atoms with Gasteiger partial charge in [-0.05, 0) is 18.2 Å². The number of hydrogen-bond acceptors (Lipinski definition) is 5. The Hall–Kier alpha value is -2.57. The maximum Gasteiger partial charge on any atom is 0.292 e. The van der Waals surface area contributed by atoms with Crippen molar-refractivity contribution in [2.45, 2.75) is 6.42 Å². The maximum absolute atomic E-state index is 10.6. The van der Waals surface area contributed by atoms with E-state index in [1.165, 1.54) is 6.07 Å². The lowest BCUT2D eigenvalue weighted by atomic mass is 10.2. The summed E-state index contributed by atoms with van der Waals surface area (Å²) >= 11 is 0. The van der Waals surface area contributed by atoms with Crippen molar-refractivity contribution in [3.63, 3.8) is 0 Å². The van der Waals surface area contributed by atoms with Gasteiger partial charge < -0.3 is 11.1 Å². The quantitative estimate of drug-likeness (QED) is 0.483. The van der Waals surface area contributed by atoms with E-state index in [2.05, 4.69) is 10.4 Å². The molecular weight excluding hydrogens is 246 g/mol. The Morgan fingerprint density at radius 2 is 2.26 bits per heavy atom. The van der Waals surface area contributed by atoms with E-state index in [0.29, 0.717) is 6.54 Å². The summed E-state index contributed by atoms with van der Waals surface area (Å²) in [6.07, 6.45) is 2.66. The lowest BCUT2D eigenvalue weighted by molar-refractivity contribution is -0.383. The molecule has 0 spiro atoms. The zero-order valence-corrected chi connectivity index (χ0v) is 10.5. The highest BCUT2D eigenvalue weighted by molar-refractivity contribution is 5.65. The van der Waals surface area contributed by atoms with Gasteiger partial charge in [0, 0.05) is 38.0 Å². The Bertz CT molecular complexity index is 594. The predicted molar refractivity (Wildman–Crippen MR) is 72.9 cm³/mol. The molecule has 7 nitrogen and oxygen atoms in total. The molecule has 0 radical (unpaired) electrons. The fraction of sp³-hybridized carbons (Fsp3) is 0.250. The third-order valence-corrected chi connectivity index (χ3v) is 2.70. The molecule has 0 fully saturated rings. The van der Waals surface area contributed by atoms with E-state index in [-0.39, 0.29) is 11.4 Å². The summed E-state index contributed by atoms with van der Waals surface area (Å²) in [6.45, 7) is 0.689. The summed E-state index contributed by atoms with van der Waals surface area (Å²) in [5, 5.41) is 18.0. The second-order valence-corrected chi connectivity index (χ2v) is 4.19. The number of nitro groups is 1. The van der Waals surface area contributed by atoms with Gasteiger partial charge in [0.1, 0.15) is 5.69 Å². The molecule has 0 bridgehead atoms. The Labute approximate surface area is 110 Å². The van der Waals surface area contributed by atoms with Crippen molar-refractivity contribution in [2.75, 3.05) is 17.6 Å². The molecule has 0 amide bonds. The molecule has 7 heteroatoms. The van der Waals surface area contributed by atoms with Crippen LogP contribution in [0.2, 0.25) is 0 Å². The van der Waals surface area contributed by atoms with Crippen LogP contribution in [0.1, 0.15) is 5.69 Å². The van der Waals surface area contributed by atoms with Crippen molar-refractivity contribution in [1.82, 2.24) is 9.78 Å². The van der Waals surface area contributed by atoms with Crippen molar-refractivity contribution in [3.8, 4) is 0 Å². The van der Waals surface area contributed by atoms with E-state index in [1.807, 2.05) is 19.3 Å². The third kappa shape index (κ3) is 3.21. The van der Waals surface area contributed by atoms with Gasteiger partial charge in [0.15, 0.2) is 0 Å². The van der Waals surface area contributed by atoms with Crippen LogP contribution in [0.25, 0.3) is 0 Å². The fourth-order valence-corrected chi connectivity index (χ4v) is 1.76. The lowest BCUT2D eigenvalue weighted by Gasteiger charge is -2.06. The number of benzene rings is 1. The molecule has 100 valence electrons. The van der Waals surface area contributed by atoms with Gasteiger partial charge in [-0.25, -0.2) is 0 Å². The molecule has 1 heterocycles. The standard InChI is InChI=1S/C12H15N5O2/c1-16-7-5-9(15-16)4-6-14-10-2-3-12(17(18)19)11(13)8-10/h2-3,5,7-8,14H,4,6,13H2,1H3. The maximum atomic E-state index is 10.6. The van der Waals surface area contributed by atoms with Crippen LogP contribution in [0.5, 0.6) is 0 Å². The molecule has 1 aromatic carbocycles. The van der Waals surface area contributed by atoms with Crippen molar-refractivity contribution < 1.29 is 4.92 Å². The predicted octanol–water partition coefficient (Wildman–Crippen LogP) is 1.57. The van der Waals surface area contributed by atoms with Crippen LogP contribution in [0.15, 0.2) is 30.5 Å². The number of nitrogen functional groups attached to an aromatic ring is 1. The molecule has 0 unspecified atom stereocenters. The minimum absolute atomic E-state index is 0.0738. The monoisotopic (exact) mass is 261 g/mol. The first-order valence-electron chi connectivity index (χ1n) is 5.82. The van der Waals surface area contributed by atoms with Crippen LogP contribution < -0.4 is 11.1 Å². The van der Waals surface area contributed by atoms with Crippen molar-refractivity contribution in [3.05, 3.63) is 46.3 Å². The summed E-state index contributed by atoms with van der Waals surface area (Å²) < 4.78 is 1.75. The molecule has 0 atom stereocenters. The van der Waals surface area contributed by atoms with E-state index in [9.17, 15) is 10.1 Å². The van der Waals surface area contributed by atoms with Crippen LogP contribution in [0.4, 0.5) is 17.1 Å². The molecule has 0 aliphatic heterocycles. The van der Waals surface area contributed by atoms with E-state index in [0.717, 1.165) is 17.8 Å². The minimum atomic E-state index is -0.493. The molecule has 0 aliphatic carbocycles. The van der Waals surface area contributed by atoms with E-state index >= 15 is 0 Å². The number of aryl methyl sites for hydroxylation is 1. The number of hydrogen-bond donors (Lipinski definition) is 2. The molecule has 2 aromatic rings. The zero-order valence-electron chi connectivity index (χ0n) is 10.5. The van der Waals surface area contributed by atoms with Gasteiger partial charge in [0.2, 0.25) is 0 Å². The summed E-state index contributed by atoms with van der Waals surface area (Å²) in [7, 11) is 1.87. The van der Waals surface area contributed by atoms with Crippen molar-refractivity contribution in [2.24, 2.45) is 7.05 Å². The van der Waals surface area contributed by atoms with Gasteiger partial charge in [-0.2, -0.15) is 5.10 Å². The normalized spacial score (nSPS) is 10.4. The van der Waals surface area contributed by atoms with Gasteiger partial charge in [-0.15, -0.1) is 0 Å². The summed E-state index contributed by atoms with van der Waals surface area (Å²) in [5.74, 6) is 0. The topological polar surface area (TPSA) is 99.0 Å². The van der Waals surface area contributed by atoms with Crippen LogP contribution >= 0.6 is 0 Å². The number of rotatable bonds is 5. The highest BCUT2D eigenvalue weighted by atomic mass is 16.6. The smallest absolute Gasteiger partial charge is 0.292 e. The first-order chi connectivity index (χ1) is 9.06. The summed E-state index contributed by atoms with van der Waals surface area (Å²) in [6, 6.07) is 6.56. The lowest BCUT2D eigenvalue weighted by Crippen LogP contribution is -2.06. The number of aromatic nitrogens is 2. The highest BCUT2D eigenvalue weighted by Gasteiger charge is 2.10. The zero-order chi connectivity index (χ0) is 13.8. The first-order valence-corrected chi connectivity index (χ1v) is 5.82. The average Bonchev–Trinajstić information content (AvgIpc) is 2.75. The van der Waals surface area contributed by atoms with Crippen LogP contribution in [0.3, 0.4) is 0 Å². The number of nitro benzene ring substituents is 1. The molecule has 19 heavy (non-hydrogen) atoms. The van der Waals surface area contributed by atoms with Gasteiger partial charge >= 0.3 is 0 Å². The second kappa shape index (κ2) is 5.38. The molecule has 0 aliphatic rings. The van der Waals surface area contributed by atoms with E-state index in [1.54, 1.807) is 16.8 Å². The highest BCUT2D eigenvalue weighted by Crippen LogP contribution is 2.24. The number of nitrogens with zero attached hydrogens (tertiary/aromatic N) is 3. The van der Waals surface area contributed by atoms with Gasteiger partial charge in [-0.1, -0.05) is 0 Å². The fourth-order valence-electron chi connectivity index (χ4n) is 1.76. The minimum Gasteiger partial charge on any atom is -0.393 e. The average molecular weight is 261 g/mol. The Balaban J connectivity index is 1.93. The largest absolute Gasteiger partial charge is 0.393 e. The Morgan fingerprint density at radius 1 is 1.47 bits per heavy atom. The van der Waals surface area contributed by atoms with Gasteiger partial charge in [-0.3, -0.25) is 14.8 Å². The molecular formula is C12H15N5O2. The van der Waals surface area contributed by atoms with Crippen LogP contribution in [-0.4, -0.2) is 21.2 Å². The molecule has 0 saturated heterocycles. The van der Waals surface area contributed by atoms with E-state index in [4.69, 9.17) is 5.73 Å². The Kier molecular flexibility index (Phi) is 3.65. The molecule has 1 aromatic heterocycles.